The van der Waals surface area contributed by atoms with E-state index in [1.165, 1.54) is 18.7 Å². The summed E-state index contributed by atoms with van der Waals surface area (Å²) in [5.74, 6) is 0.965. The van der Waals surface area contributed by atoms with E-state index in [1.807, 2.05) is 6.92 Å². The molecule has 0 radical (unpaired) electrons. The minimum absolute atomic E-state index is 0.0167. The number of nitrogens with one attached hydrogen (secondary N) is 1. The number of hydrogen-bond acceptors (Lipinski definition) is 5. The summed E-state index contributed by atoms with van der Waals surface area (Å²) >= 11 is 3.18. The fraction of sp³-hybridized carbons (Fsp3) is 0.357. The minimum Gasteiger partial charge on any atom is -0.325 e. The molecule has 1 aliphatic rings. The second-order valence-electron chi connectivity index (χ2n) is 4.38. The number of hydrogen-bond donors (Lipinski definition) is 1. The standard InChI is InChI=1S/C14H16N2O2S2/c1-9(17)11-3-5-12(6-4-11)16-13(18)10(2)20-14-15-7-8-19-14/h3-6,10H,7-8H2,1-2H3,(H,16,18)/t10-/m1/s1. The summed E-state index contributed by atoms with van der Waals surface area (Å²) in [6.07, 6.45) is 0. The Hall–Kier alpha value is -1.27. The number of rotatable bonds is 4. The third-order valence-corrected chi connectivity index (χ3v) is 5.07. The zero-order chi connectivity index (χ0) is 14.5. The van der Waals surface area contributed by atoms with Crippen molar-refractivity contribution in [3.63, 3.8) is 0 Å². The maximum absolute atomic E-state index is 12.1. The molecule has 20 heavy (non-hydrogen) atoms. The maximum atomic E-state index is 12.1. The molecule has 1 atom stereocenters. The molecule has 0 aliphatic carbocycles. The summed E-state index contributed by atoms with van der Waals surface area (Å²) in [6.45, 7) is 4.23. The van der Waals surface area contributed by atoms with Gasteiger partial charge in [-0.1, -0.05) is 23.5 Å². The van der Waals surface area contributed by atoms with Crippen LogP contribution in [0.5, 0.6) is 0 Å². The van der Waals surface area contributed by atoms with E-state index >= 15 is 0 Å². The van der Waals surface area contributed by atoms with Gasteiger partial charge in [-0.2, -0.15) is 0 Å². The molecule has 1 aliphatic heterocycles. The number of thioether (sulfide) groups is 2. The summed E-state index contributed by atoms with van der Waals surface area (Å²) in [5.41, 5.74) is 1.34. The fourth-order valence-corrected chi connectivity index (χ4v) is 3.75. The number of aliphatic imine (C=N–C) groups is 1. The molecule has 1 N–H and O–H groups in total. The predicted octanol–water partition coefficient (Wildman–Crippen LogP) is 3.05. The average Bonchev–Trinajstić information content (AvgIpc) is 2.92. The Morgan fingerprint density at radius 2 is 2.05 bits per heavy atom. The topological polar surface area (TPSA) is 58.5 Å². The lowest BCUT2D eigenvalue weighted by Crippen LogP contribution is -2.23. The quantitative estimate of drug-likeness (QED) is 0.869. The van der Waals surface area contributed by atoms with Gasteiger partial charge in [0.05, 0.1) is 11.8 Å². The maximum Gasteiger partial charge on any atom is 0.237 e. The second kappa shape index (κ2) is 6.95. The van der Waals surface area contributed by atoms with Crippen LogP contribution in [0.1, 0.15) is 24.2 Å². The van der Waals surface area contributed by atoms with Crippen LogP contribution in [0, 0.1) is 0 Å². The molecule has 0 aromatic heterocycles. The highest BCUT2D eigenvalue weighted by Gasteiger charge is 2.18. The van der Waals surface area contributed by atoms with Crippen LogP contribution in [0.15, 0.2) is 29.3 Å². The first-order chi connectivity index (χ1) is 9.56. The Labute approximate surface area is 126 Å². The average molecular weight is 308 g/mol. The van der Waals surface area contributed by atoms with Crippen LogP contribution in [0.2, 0.25) is 0 Å². The zero-order valence-corrected chi connectivity index (χ0v) is 13.0. The van der Waals surface area contributed by atoms with Crippen molar-refractivity contribution < 1.29 is 9.59 Å². The summed E-state index contributed by atoms with van der Waals surface area (Å²) in [7, 11) is 0. The van der Waals surface area contributed by atoms with E-state index in [0.717, 1.165) is 16.7 Å². The number of Topliss-reactive ketones (excluding diaryl/α,β-unsaturated/α-hetero) is 1. The zero-order valence-electron chi connectivity index (χ0n) is 11.4. The van der Waals surface area contributed by atoms with Crippen molar-refractivity contribution in [3.05, 3.63) is 29.8 Å². The first-order valence-corrected chi connectivity index (χ1v) is 8.18. The molecular weight excluding hydrogens is 292 g/mol. The van der Waals surface area contributed by atoms with Crippen molar-refractivity contribution in [1.82, 2.24) is 0 Å². The van der Waals surface area contributed by atoms with Gasteiger partial charge in [-0.25, -0.2) is 0 Å². The van der Waals surface area contributed by atoms with Gasteiger partial charge in [0.2, 0.25) is 5.91 Å². The molecule has 0 saturated heterocycles. The molecule has 0 fully saturated rings. The SMILES string of the molecule is CC(=O)c1ccc(NC(=O)[C@@H](C)SC2=NCCS2)cc1. The number of nitrogens with zero attached hydrogens (tertiary/aromatic N) is 1. The van der Waals surface area contributed by atoms with Crippen molar-refractivity contribution in [3.8, 4) is 0 Å². The highest BCUT2D eigenvalue weighted by molar-refractivity contribution is 8.39. The van der Waals surface area contributed by atoms with Gasteiger partial charge in [0.25, 0.3) is 0 Å². The van der Waals surface area contributed by atoms with E-state index < -0.39 is 0 Å². The monoisotopic (exact) mass is 308 g/mol. The largest absolute Gasteiger partial charge is 0.325 e. The molecule has 106 valence electrons. The minimum atomic E-state index is -0.188. The van der Waals surface area contributed by atoms with E-state index in [1.54, 1.807) is 36.0 Å². The molecule has 4 nitrogen and oxygen atoms in total. The third-order valence-electron chi connectivity index (χ3n) is 2.76. The molecular formula is C14H16N2O2S2. The Morgan fingerprint density at radius 1 is 1.35 bits per heavy atom. The molecule has 0 spiro atoms. The lowest BCUT2D eigenvalue weighted by atomic mass is 10.1. The third kappa shape index (κ3) is 4.11. The highest BCUT2D eigenvalue weighted by atomic mass is 32.2. The van der Waals surface area contributed by atoms with Crippen molar-refractivity contribution in [2.24, 2.45) is 4.99 Å². The van der Waals surface area contributed by atoms with Crippen LogP contribution in [0.3, 0.4) is 0 Å². The Balaban J connectivity index is 1.91. The van der Waals surface area contributed by atoms with Crippen LogP contribution >= 0.6 is 23.5 Å². The first kappa shape index (κ1) is 15.1. The first-order valence-electron chi connectivity index (χ1n) is 6.32. The second-order valence-corrected chi connectivity index (χ2v) is 7.05. The fourth-order valence-electron chi connectivity index (χ4n) is 1.62. The van der Waals surface area contributed by atoms with Crippen LogP contribution < -0.4 is 5.32 Å². The smallest absolute Gasteiger partial charge is 0.237 e. The number of ketones is 1. The summed E-state index contributed by atoms with van der Waals surface area (Å²) < 4.78 is 0.986. The van der Waals surface area contributed by atoms with Gasteiger partial charge in [-0.3, -0.25) is 14.6 Å². The van der Waals surface area contributed by atoms with Gasteiger partial charge in [-0.15, -0.1) is 0 Å². The number of carbonyl (C=O) groups excluding carboxylic acids is 2. The molecule has 1 heterocycles. The molecule has 6 heteroatoms. The van der Waals surface area contributed by atoms with Crippen molar-refractivity contribution in [2.75, 3.05) is 17.6 Å². The van der Waals surface area contributed by atoms with Gasteiger partial charge < -0.3 is 5.32 Å². The van der Waals surface area contributed by atoms with E-state index in [4.69, 9.17) is 0 Å². The summed E-state index contributed by atoms with van der Waals surface area (Å²) in [4.78, 5) is 27.6. The van der Waals surface area contributed by atoms with Crippen molar-refractivity contribution >= 4 is 45.3 Å². The van der Waals surface area contributed by atoms with Crippen molar-refractivity contribution in [2.45, 2.75) is 19.1 Å². The van der Waals surface area contributed by atoms with Crippen LogP contribution in [-0.2, 0) is 4.79 Å². The van der Waals surface area contributed by atoms with Crippen LogP contribution in [-0.4, -0.2) is 33.6 Å². The molecule has 1 aromatic rings. The highest BCUT2D eigenvalue weighted by Crippen LogP contribution is 2.26. The number of benzene rings is 1. The number of amides is 1. The van der Waals surface area contributed by atoms with Crippen molar-refractivity contribution in [1.29, 1.82) is 0 Å². The molecule has 0 bridgehead atoms. The Bertz CT molecular complexity index is 541. The van der Waals surface area contributed by atoms with E-state index in [9.17, 15) is 9.59 Å². The van der Waals surface area contributed by atoms with Gasteiger partial charge in [0.1, 0.15) is 4.38 Å². The van der Waals surface area contributed by atoms with Gasteiger partial charge in [-0.05, 0) is 38.1 Å². The molecule has 0 unspecified atom stereocenters. The van der Waals surface area contributed by atoms with Gasteiger partial charge in [0, 0.05) is 17.0 Å². The molecule has 1 aromatic carbocycles. The summed E-state index contributed by atoms with van der Waals surface area (Å²) in [5, 5.41) is 2.66. The number of anilines is 1. The summed E-state index contributed by atoms with van der Waals surface area (Å²) in [6, 6.07) is 6.92. The van der Waals surface area contributed by atoms with E-state index in [-0.39, 0.29) is 16.9 Å². The molecule has 1 amide bonds. The Morgan fingerprint density at radius 3 is 2.60 bits per heavy atom. The normalized spacial score (nSPS) is 15.6. The van der Waals surface area contributed by atoms with E-state index in [2.05, 4.69) is 10.3 Å². The molecule has 0 saturated carbocycles. The lowest BCUT2D eigenvalue weighted by Gasteiger charge is -2.11. The predicted molar refractivity (Wildman–Crippen MR) is 86.9 cm³/mol. The van der Waals surface area contributed by atoms with E-state index in [0.29, 0.717) is 11.3 Å². The Kier molecular flexibility index (Phi) is 5.25. The molecule has 2 rings (SSSR count). The number of carbonyl (C=O) groups is 2. The lowest BCUT2D eigenvalue weighted by molar-refractivity contribution is -0.115. The van der Waals surface area contributed by atoms with Gasteiger partial charge >= 0.3 is 0 Å². The van der Waals surface area contributed by atoms with Gasteiger partial charge in [0.15, 0.2) is 5.78 Å². The van der Waals surface area contributed by atoms with Crippen LogP contribution in [0.4, 0.5) is 5.69 Å². The van der Waals surface area contributed by atoms with Crippen LogP contribution in [0.25, 0.3) is 0 Å².